The fourth-order valence-corrected chi connectivity index (χ4v) is 6.22. The van der Waals surface area contributed by atoms with Gasteiger partial charge in [-0.2, -0.15) is 5.26 Å². The highest BCUT2D eigenvalue weighted by atomic mass is 16.5. The maximum absolute atomic E-state index is 13.8. The van der Waals surface area contributed by atoms with Crippen LogP contribution in [0.4, 0.5) is 0 Å². The van der Waals surface area contributed by atoms with Gasteiger partial charge in [0.05, 0.1) is 12.1 Å². The number of nitrogens with two attached hydrogens (primary N) is 3. The van der Waals surface area contributed by atoms with Crippen LogP contribution in [0, 0.1) is 18.3 Å². The third kappa shape index (κ3) is 11.5. The molecule has 57 heavy (non-hydrogen) atoms. The number of aldehydes is 1. The molecule has 14 heteroatoms. The second kappa shape index (κ2) is 21.3. The Kier molecular flexibility index (Phi) is 16.3. The topological polar surface area (TPSA) is 228 Å². The van der Waals surface area contributed by atoms with E-state index in [1.54, 1.807) is 31.3 Å². The van der Waals surface area contributed by atoms with Gasteiger partial charge in [-0.3, -0.25) is 19.2 Å². The molecule has 300 valence electrons. The predicted molar refractivity (Wildman–Crippen MR) is 219 cm³/mol. The molecule has 4 bridgehead atoms. The number of rotatable bonds is 12. The van der Waals surface area contributed by atoms with Crippen molar-refractivity contribution < 1.29 is 28.7 Å². The Morgan fingerprint density at radius 1 is 0.895 bits per heavy atom. The number of aryl methyl sites for hydroxylation is 1. The SMILES string of the molecule is CN[C@@H](CN)C(=O)N(C)C1C(=O)N[C@@H](C)C(=O)NC(C#N)Cc2ccc(OCCN)c(c2)-c2cc1ccc2OCCN.Cc1ccc(-c2ccc(C=O)cc2)cc1. The maximum atomic E-state index is 13.8. The number of hydrogen-bond donors (Lipinski definition) is 6. The first-order chi connectivity index (χ1) is 27.5. The number of nitriles is 1. The van der Waals surface area contributed by atoms with Gasteiger partial charge in [0.25, 0.3) is 0 Å². The van der Waals surface area contributed by atoms with Crippen LogP contribution in [-0.4, -0.2) is 94.0 Å². The van der Waals surface area contributed by atoms with Crippen LogP contribution in [0.1, 0.15) is 40.0 Å². The van der Waals surface area contributed by atoms with Gasteiger partial charge < -0.3 is 47.5 Å². The van der Waals surface area contributed by atoms with Crippen LogP contribution in [0.3, 0.4) is 0 Å². The van der Waals surface area contributed by atoms with Crippen LogP contribution in [-0.2, 0) is 20.8 Å². The quantitative estimate of drug-likeness (QED) is 0.115. The molecular weight excluding hydrogens is 725 g/mol. The Hall–Kier alpha value is -6.11. The molecule has 4 atom stereocenters. The van der Waals surface area contributed by atoms with E-state index < -0.39 is 41.9 Å². The number of carbonyl (C=O) groups is 4. The Balaban J connectivity index is 0.000000398. The summed E-state index contributed by atoms with van der Waals surface area (Å²) in [5.41, 5.74) is 23.9. The number of carbonyl (C=O) groups excluding carboxylic acids is 4. The van der Waals surface area contributed by atoms with E-state index in [9.17, 15) is 24.4 Å². The number of ether oxygens (including phenoxy) is 2. The predicted octanol–water partition coefficient (Wildman–Crippen LogP) is 2.62. The Bertz CT molecular complexity index is 2030. The molecule has 9 N–H and O–H groups in total. The highest BCUT2D eigenvalue weighted by Gasteiger charge is 2.34. The lowest BCUT2D eigenvalue weighted by atomic mass is 9.93. The summed E-state index contributed by atoms with van der Waals surface area (Å²) >= 11 is 0. The zero-order valence-corrected chi connectivity index (χ0v) is 32.8. The number of nitrogens with zero attached hydrogens (tertiary/aromatic N) is 2. The number of benzene rings is 4. The summed E-state index contributed by atoms with van der Waals surface area (Å²) < 4.78 is 12.0. The van der Waals surface area contributed by atoms with Gasteiger partial charge >= 0.3 is 0 Å². The zero-order valence-electron chi connectivity index (χ0n) is 32.8. The van der Waals surface area contributed by atoms with Crippen molar-refractivity contribution in [3.8, 4) is 39.8 Å². The average Bonchev–Trinajstić information content (AvgIpc) is 3.22. The lowest BCUT2D eigenvalue weighted by Gasteiger charge is -2.32. The van der Waals surface area contributed by atoms with Gasteiger partial charge in [0.1, 0.15) is 49.1 Å². The van der Waals surface area contributed by atoms with E-state index >= 15 is 0 Å². The first-order valence-electron chi connectivity index (χ1n) is 18.7. The second-order valence-electron chi connectivity index (χ2n) is 13.5. The number of hydrogen-bond acceptors (Lipinski definition) is 11. The standard InChI is InChI=1S/C29H40N8O5.C14H12O/c1-17-27(38)36-20(15-32)12-18-4-6-24(41-10-8-30)21(13-18)22-14-19(5-7-25(22)42-11-9-31)26(28(39)35-17)37(3)29(40)23(16-33)34-2;1-11-2-6-13(7-3-11)14-8-4-12(10-15)5-9-14/h4-7,13-14,17,20,23,26,34H,8-12,16,30-31,33H2,1-3H3,(H,35,39)(H,36,38);2-10H,1H3/t17-,20?,23-,26?;/m0./s1. The normalized spacial score (nSPS) is 16.9. The molecule has 0 radical (unpaired) electrons. The first-order valence-corrected chi connectivity index (χ1v) is 18.7. The van der Waals surface area contributed by atoms with E-state index in [2.05, 4.69) is 53.2 Å². The van der Waals surface area contributed by atoms with Crippen LogP contribution in [0.5, 0.6) is 11.5 Å². The van der Waals surface area contributed by atoms with Crippen molar-refractivity contribution in [2.75, 3.05) is 46.9 Å². The molecule has 1 aliphatic rings. The number of likely N-dealkylation sites (N-methyl/N-ethyl adjacent to an activating group) is 2. The number of nitrogens with one attached hydrogen (secondary N) is 3. The molecular formula is C43H52N8O6. The van der Waals surface area contributed by atoms with Crippen molar-refractivity contribution in [1.82, 2.24) is 20.9 Å². The number of amides is 3. The van der Waals surface area contributed by atoms with Crippen LogP contribution >= 0.6 is 0 Å². The second-order valence-corrected chi connectivity index (χ2v) is 13.5. The third-order valence-electron chi connectivity index (χ3n) is 9.37. The minimum Gasteiger partial charge on any atom is -0.492 e. The molecule has 0 saturated heterocycles. The van der Waals surface area contributed by atoms with Crippen LogP contribution in [0.25, 0.3) is 22.3 Å². The van der Waals surface area contributed by atoms with Crippen molar-refractivity contribution in [1.29, 1.82) is 5.26 Å². The highest BCUT2D eigenvalue weighted by Crippen LogP contribution is 2.40. The monoisotopic (exact) mass is 776 g/mol. The fraction of sp³-hybridized carbons (Fsp3) is 0.326. The van der Waals surface area contributed by atoms with E-state index in [1.807, 2.05) is 36.4 Å². The van der Waals surface area contributed by atoms with E-state index in [0.717, 1.165) is 17.4 Å². The summed E-state index contributed by atoms with van der Waals surface area (Å²) in [5, 5.41) is 18.1. The largest absolute Gasteiger partial charge is 0.492 e. The van der Waals surface area contributed by atoms with Crippen LogP contribution < -0.4 is 42.6 Å². The minimum atomic E-state index is -1.15. The molecule has 1 heterocycles. The lowest BCUT2D eigenvalue weighted by molar-refractivity contribution is -0.141. The minimum absolute atomic E-state index is 0.00806. The smallest absolute Gasteiger partial charge is 0.248 e. The number of fused-ring (bicyclic) bond motifs is 5. The molecule has 4 aromatic carbocycles. The van der Waals surface area contributed by atoms with Crippen molar-refractivity contribution in [2.24, 2.45) is 17.2 Å². The molecule has 4 aromatic rings. The molecule has 2 unspecified atom stereocenters. The van der Waals surface area contributed by atoms with Crippen molar-refractivity contribution in [3.05, 3.63) is 107 Å². The molecule has 14 nitrogen and oxygen atoms in total. The molecule has 5 rings (SSSR count). The van der Waals surface area contributed by atoms with E-state index in [1.165, 1.54) is 30.0 Å². The van der Waals surface area contributed by atoms with Gasteiger partial charge in [-0.1, -0.05) is 66.2 Å². The molecule has 3 amide bonds. The van der Waals surface area contributed by atoms with Crippen molar-refractivity contribution in [2.45, 2.75) is 44.4 Å². The zero-order chi connectivity index (χ0) is 41.5. The molecule has 0 fully saturated rings. The molecule has 0 aliphatic carbocycles. The molecule has 0 aromatic heterocycles. The summed E-state index contributed by atoms with van der Waals surface area (Å²) in [5.74, 6) is -0.569. The third-order valence-corrected chi connectivity index (χ3v) is 9.37. The Labute approximate surface area is 333 Å². The van der Waals surface area contributed by atoms with Crippen LogP contribution in [0.15, 0.2) is 84.9 Å². The van der Waals surface area contributed by atoms with E-state index in [4.69, 9.17) is 26.7 Å². The summed E-state index contributed by atoms with van der Waals surface area (Å²) in [7, 11) is 3.10. The van der Waals surface area contributed by atoms with Crippen molar-refractivity contribution in [3.63, 3.8) is 0 Å². The van der Waals surface area contributed by atoms with Crippen molar-refractivity contribution >= 4 is 24.0 Å². The summed E-state index contributed by atoms with van der Waals surface area (Å²) in [6.45, 7) is 4.61. The molecule has 1 aliphatic heterocycles. The van der Waals surface area contributed by atoms with E-state index in [0.29, 0.717) is 33.8 Å². The Morgan fingerprint density at radius 3 is 2.02 bits per heavy atom. The Morgan fingerprint density at radius 2 is 1.47 bits per heavy atom. The average molecular weight is 777 g/mol. The first kappa shape index (κ1) is 43.6. The van der Waals surface area contributed by atoms with Gasteiger partial charge in [0.15, 0.2) is 0 Å². The van der Waals surface area contributed by atoms with Gasteiger partial charge in [0, 0.05) is 49.8 Å². The molecule has 0 saturated carbocycles. The lowest BCUT2D eigenvalue weighted by Crippen LogP contribution is -2.54. The maximum Gasteiger partial charge on any atom is 0.248 e. The highest BCUT2D eigenvalue weighted by molar-refractivity contribution is 5.94. The van der Waals surface area contributed by atoms with Gasteiger partial charge in [0.2, 0.25) is 17.7 Å². The van der Waals surface area contributed by atoms with Gasteiger partial charge in [-0.15, -0.1) is 0 Å². The van der Waals surface area contributed by atoms with E-state index in [-0.39, 0.29) is 39.3 Å². The van der Waals surface area contributed by atoms with Gasteiger partial charge in [-0.25, -0.2) is 0 Å². The summed E-state index contributed by atoms with van der Waals surface area (Å²) in [6, 6.07) is 24.9. The summed E-state index contributed by atoms with van der Waals surface area (Å²) in [4.78, 5) is 52.0. The van der Waals surface area contributed by atoms with Crippen LogP contribution in [0.2, 0.25) is 0 Å². The summed E-state index contributed by atoms with van der Waals surface area (Å²) in [6.07, 6.45) is 1.06. The fourth-order valence-electron chi connectivity index (χ4n) is 6.22. The van der Waals surface area contributed by atoms with Gasteiger partial charge in [-0.05, 0) is 67.4 Å². The molecule has 0 spiro atoms.